The molecule has 1 aromatic carbocycles. The van der Waals surface area contributed by atoms with E-state index in [1.165, 1.54) is 11.3 Å². The molecule has 7 heteroatoms. The van der Waals surface area contributed by atoms with E-state index in [1.54, 1.807) is 0 Å². The zero-order valence-electron chi connectivity index (χ0n) is 10.9. The maximum atomic E-state index is 13.8. The summed E-state index contributed by atoms with van der Waals surface area (Å²) in [7, 11) is 0. The van der Waals surface area contributed by atoms with Crippen LogP contribution in [0.1, 0.15) is 11.8 Å². The predicted molar refractivity (Wildman–Crippen MR) is 82.3 cm³/mol. The molecular formula is C14H9ClF2N2S2. The Morgan fingerprint density at radius 3 is 2.81 bits per heavy atom. The highest BCUT2D eigenvalue weighted by molar-refractivity contribution is 7.99. The summed E-state index contributed by atoms with van der Waals surface area (Å²) in [6, 6.07) is 5.30. The van der Waals surface area contributed by atoms with Gasteiger partial charge in [0.2, 0.25) is 5.28 Å². The number of aromatic nitrogens is 2. The van der Waals surface area contributed by atoms with E-state index in [0.717, 1.165) is 51.5 Å². The Bertz CT molecular complexity index is 820. The van der Waals surface area contributed by atoms with Crippen molar-refractivity contribution in [1.82, 2.24) is 9.97 Å². The molecule has 0 aliphatic heterocycles. The first kappa shape index (κ1) is 14.7. The number of thiophene rings is 1. The van der Waals surface area contributed by atoms with Crippen LogP contribution in [0.5, 0.6) is 0 Å². The molecule has 0 spiro atoms. The van der Waals surface area contributed by atoms with Crippen LogP contribution in [0.4, 0.5) is 8.78 Å². The SMILES string of the molecule is CCc1cc2c(Sc3cc(F)ccc3F)nc(Cl)nc2s1. The largest absolute Gasteiger partial charge is 0.224 e. The molecule has 0 bridgehead atoms. The van der Waals surface area contributed by atoms with Gasteiger partial charge in [-0.05, 0) is 42.3 Å². The molecule has 2 heterocycles. The van der Waals surface area contributed by atoms with Crippen LogP contribution in [0.15, 0.2) is 34.2 Å². The van der Waals surface area contributed by atoms with Gasteiger partial charge in [0, 0.05) is 10.3 Å². The lowest BCUT2D eigenvalue weighted by molar-refractivity contribution is 0.577. The maximum Gasteiger partial charge on any atom is 0.224 e. The van der Waals surface area contributed by atoms with Gasteiger partial charge in [0.25, 0.3) is 0 Å². The fraction of sp³-hybridized carbons (Fsp3) is 0.143. The van der Waals surface area contributed by atoms with E-state index in [2.05, 4.69) is 9.97 Å². The van der Waals surface area contributed by atoms with Gasteiger partial charge in [-0.2, -0.15) is 0 Å². The smallest absolute Gasteiger partial charge is 0.210 e. The Morgan fingerprint density at radius 1 is 1.24 bits per heavy atom. The van der Waals surface area contributed by atoms with Crippen LogP contribution in [-0.4, -0.2) is 9.97 Å². The quantitative estimate of drug-likeness (QED) is 0.475. The molecule has 0 saturated heterocycles. The summed E-state index contributed by atoms with van der Waals surface area (Å²) < 4.78 is 27.0. The van der Waals surface area contributed by atoms with Crippen molar-refractivity contribution in [3.63, 3.8) is 0 Å². The zero-order valence-corrected chi connectivity index (χ0v) is 13.3. The number of benzene rings is 1. The van der Waals surface area contributed by atoms with Gasteiger partial charge in [-0.25, -0.2) is 18.7 Å². The van der Waals surface area contributed by atoms with Crippen molar-refractivity contribution in [2.45, 2.75) is 23.3 Å². The molecule has 2 aromatic heterocycles. The molecule has 3 rings (SSSR count). The van der Waals surface area contributed by atoms with Gasteiger partial charge in [0.1, 0.15) is 21.5 Å². The van der Waals surface area contributed by atoms with E-state index in [1.807, 2.05) is 13.0 Å². The highest BCUT2D eigenvalue weighted by atomic mass is 35.5. The Kier molecular flexibility index (Phi) is 4.10. The molecule has 0 amide bonds. The van der Waals surface area contributed by atoms with E-state index in [9.17, 15) is 8.78 Å². The van der Waals surface area contributed by atoms with Crippen molar-refractivity contribution >= 4 is 44.9 Å². The standard InChI is InChI=1S/C14H9ClF2N2S2/c1-2-8-6-9-12(20-8)18-14(15)19-13(9)21-11-5-7(16)3-4-10(11)17/h3-6H,2H2,1H3. The van der Waals surface area contributed by atoms with E-state index < -0.39 is 11.6 Å². The summed E-state index contributed by atoms with van der Waals surface area (Å²) in [5.74, 6) is -0.981. The Morgan fingerprint density at radius 2 is 2.05 bits per heavy atom. The van der Waals surface area contributed by atoms with Crippen LogP contribution in [0, 0.1) is 11.6 Å². The van der Waals surface area contributed by atoms with Crippen LogP contribution < -0.4 is 0 Å². The zero-order chi connectivity index (χ0) is 15.0. The molecule has 0 radical (unpaired) electrons. The minimum atomic E-state index is -0.491. The van der Waals surface area contributed by atoms with Crippen molar-refractivity contribution in [1.29, 1.82) is 0 Å². The van der Waals surface area contributed by atoms with Crippen molar-refractivity contribution < 1.29 is 8.78 Å². The molecule has 0 aliphatic rings. The van der Waals surface area contributed by atoms with Gasteiger partial charge in [0.05, 0.1) is 4.90 Å². The first-order valence-electron chi connectivity index (χ1n) is 6.15. The van der Waals surface area contributed by atoms with Crippen molar-refractivity contribution in [2.24, 2.45) is 0 Å². The van der Waals surface area contributed by atoms with Gasteiger partial charge >= 0.3 is 0 Å². The number of fused-ring (bicyclic) bond motifs is 1. The summed E-state index contributed by atoms with van der Waals surface area (Å²) in [6.07, 6.45) is 0.872. The number of halogens is 3. The van der Waals surface area contributed by atoms with Gasteiger partial charge in [0.15, 0.2) is 0 Å². The van der Waals surface area contributed by atoms with E-state index in [-0.39, 0.29) is 10.2 Å². The number of nitrogens with zero attached hydrogens (tertiary/aromatic N) is 2. The highest BCUT2D eigenvalue weighted by Gasteiger charge is 2.14. The lowest BCUT2D eigenvalue weighted by Gasteiger charge is -2.04. The summed E-state index contributed by atoms with van der Waals surface area (Å²) in [5.41, 5.74) is 0. The lowest BCUT2D eigenvalue weighted by Crippen LogP contribution is -1.89. The highest BCUT2D eigenvalue weighted by Crippen LogP contribution is 2.37. The minimum Gasteiger partial charge on any atom is -0.210 e. The van der Waals surface area contributed by atoms with Gasteiger partial charge in [-0.3, -0.25) is 0 Å². The molecule has 0 fully saturated rings. The maximum absolute atomic E-state index is 13.8. The van der Waals surface area contributed by atoms with Crippen LogP contribution in [-0.2, 0) is 6.42 Å². The predicted octanol–water partition coefficient (Wildman–Crippen LogP) is 5.34. The average molecular weight is 343 g/mol. The second-order valence-corrected chi connectivity index (χ2v) is 6.74. The molecule has 3 aromatic rings. The van der Waals surface area contributed by atoms with Gasteiger partial charge in [-0.1, -0.05) is 18.7 Å². The number of hydrogen-bond donors (Lipinski definition) is 0. The fourth-order valence-electron chi connectivity index (χ4n) is 1.83. The van der Waals surface area contributed by atoms with Gasteiger partial charge < -0.3 is 0 Å². The van der Waals surface area contributed by atoms with Gasteiger partial charge in [-0.15, -0.1) is 11.3 Å². The van der Waals surface area contributed by atoms with Crippen LogP contribution in [0.3, 0.4) is 0 Å². The van der Waals surface area contributed by atoms with Crippen molar-refractivity contribution in [3.8, 4) is 0 Å². The second-order valence-electron chi connectivity index (χ2n) is 4.26. The van der Waals surface area contributed by atoms with Crippen molar-refractivity contribution in [2.75, 3.05) is 0 Å². The number of aryl methyl sites for hydroxylation is 1. The molecule has 2 nitrogen and oxygen atoms in total. The van der Waals surface area contributed by atoms with E-state index in [0.29, 0.717) is 5.03 Å². The molecule has 21 heavy (non-hydrogen) atoms. The molecule has 0 unspecified atom stereocenters. The lowest BCUT2D eigenvalue weighted by atomic mass is 10.3. The molecule has 0 N–H and O–H groups in total. The Balaban J connectivity index is 2.11. The summed E-state index contributed by atoms with van der Waals surface area (Å²) in [5, 5.41) is 1.45. The average Bonchev–Trinajstić information content (AvgIpc) is 2.86. The molecule has 108 valence electrons. The van der Waals surface area contributed by atoms with Crippen LogP contribution in [0.2, 0.25) is 5.28 Å². The summed E-state index contributed by atoms with van der Waals surface area (Å²) in [6.45, 7) is 2.04. The third-order valence-corrected chi connectivity index (χ3v) is 5.21. The Labute approximate surface area is 133 Å². The first-order chi connectivity index (χ1) is 10.1. The fourth-order valence-corrected chi connectivity index (χ4v) is 4.08. The minimum absolute atomic E-state index is 0.103. The van der Waals surface area contributed by atoms with E-state index in [4.69, 9.17) is 11.6 Å². The van der Waals surface area contributed by atoms with Crippen LogP contribution >= 0.6 is 34.7 Å². The third kappa shape index (κ3) is 3.02. The number of hydrogen-bond acceptors (Lipinski definition) is 4. The topological polar surface area (TPSA) is 25.8 Å². The normalized spacial score (nSPS) is 11.2. The van der Waals surface area contributed by atoms with Crippen molar-refractivity contribution in [3.05, 3.63) is 46.1 Å². The molecule has 0 atom stereocenters. The molecule has 0 aliphatic carbocycles. The number of rotatable bonds is 3. The Hall–Kier alpha value is -1.24. The monoisotopic (exact) mass is 342 g/mol. The molecule has 0 saturated carbocycles. The molecular weight excluding hydrogens is 334 g/mol. The summed E-state index contributed by atoms with van der Waals surface area (Å²) in [4.78, 5) is 10.4. The second kappa shape index (κ2) is 5.87. The third-order valence-electron chi connectivity index (χ3n) is 2.83. The first-order valence-corrected chi connectivity index (χ1v) is 8.16. The van der Waals surface area contributed by atoms with E-state index >= 15 is 0 Å². The summed E-state index contributed by atoms with van der Waals surface area (Å²) >= 11 is 8.50. The van der Waals surface area contributed by atoms with Crippen LogP contribution in [0.25, 0.3) is 10.2 Å².